The van der Waals surface area contributed by atoms with E-state index in [2.05, 4.69) is 23.6 Å². The van der Waals surface area contributed by atoms with Crippen LogP contribution in [0.1, 0.15) is 46.0 Å². The van der Waals surface area contributed by atoms with Crippen molar-refractivity contribution in [2.45, 2.75) is 52.0 Å². The Labute approximate surface area is 119 Å². The lowest BCUT2D eigenvalue weighted by atomic mass is 9.84. The fourth-order valence-electron chi connectivity index (χ4n) is 3.68. The molecule has 1 atom stereocenters. The fraction of sp³-hybridized carbons (Fsp3) is 1.00. The number of nitrogens with two attached hydrogens (primary N) is 1. The van der Waals surface area contributed by atoms with E-state index in [1.54, 1.807) is 0 Å². The lowest BCUT2D eigenvalue weighted by Crippen LogP contribution is -2.51. The van der Waals surface area contributed by atoms with Crippen LogP contribution in [0.4, 0.5) is 0 Å². The first-order valence-corrected chi connectivity index (χ1v) is 8.35. The summed E-state index contributed by atoms with van der Waals surface area (Å²) < 4.78 is 0. The Balaban J connectivity index is 1.67. The first-order valence-electron chi connectivity index (χ1n) is 8.35. The molecule has 1 heterocycles. The monoisotopic (exact) mass is 267 g/mol. The summed E-state index contributed by atoms with van der Waals surface area (Å²) in [7, 11) is 0. The summed E-state index contributed by atoms with van der Waals surface area (Å²) >= 11 is 0. The van der Waals surface area contributed by atoms with E-state index >= 15 is 0 Å². The van der Waals surface area contributed by atoms with Gasteiger partial charge in [-0.2, -0.15) is 0 Å². The van der Waals surface area contributed by atoms with Gasteiger partial charge >= 0.3 is 0 Å². The number of hydrogen-bond donors (Lipinski definition) is 1. The van der Waals surface area contributed by atoms with Gasteiger partial charge in [0.2, 0.25) is 0 Å². The molecule has 2 rings (SSSR count). The maximum absolute atomic E-state index is 6.44. The average Bonchev–Trinajstić information content (AvgIpc) is 2.41. The van der Waals surface area contributed by atoms with Crippen LogP contribution >= 0.6 is 0 Å². The second-order valence-electron chi connectivity index (χ2n) is 7.06. The minimum absolute atomic E-state index is 0.414. The molecule has 0 aromatic heterocycles. The van der Waals surface area contributed by atoms with E-state index in [1.807, 2.05) is 0 Å². The number of rotatable bonds is 5. The Bertz CT molecular complexity index is 240. The third kappa shape index (κ3) is 5.05. The second kappa shape index (κ2) is 7.61. The van der Waals surface area contributed by atoms with Crippen LogP contribution in [0.2, 0.25) is 0 Å². The molecule has 1 aliphatic carbocycles. The van der Waals surface area contributed by atoms with Gasteiger partial charge in [-0.3, -0.25) is 4.90 Å². The van der Waals surface area contributed by atoms with Crippen molar-refractivity contribution >= 4 is 0 Å². The van der Waals surface area contributed by atoms with Crippen LogP contribution in [0, 0.1) is 11.8 Å². The summed E-state index contributed by atoms with van der Waals surface area (Å²) in [6, 6.07) is 0.414. The van der Waals surface area contributed by atoms with Crippen molar-refractivity contribution in [3.05, 3.63) is 0 Å². The van der Waals surface area contributed by atoms with Crippen molar-refractivity contribution in [2.24, 2.45) is 17.6 Å². The smallest absolute Gasteiger partial charge is 0.0196 e. The van der Waals surface area contributed by atoms with Crippen molar-refractivity contribution in [3.63, 3.8) is 0 Å². The van der Waals surface area contributed by atoms with Crippen LogP contribution in [0.15, 0.2) is 0 Å². The predicted molar refractivity (Wildman–Crippen MR) is 82.3 cm³/mol. The maximum Gasteiger partial charge on any atom is 0.0196 e. The minimum atomic E-state index is 0.414. The van der Waals surface area contributed by atoms with Crippen molar-refractivity contribution < 1.29 is 0 Å². The molecule has 1 saturated carbocycles. The van der Waals surface area contributed by atoms with Crippen LogP contribution in [-0.4, -0.2) is 55.1 Å². The van der Waals surface area contributed by atoms with E-state index in [1.165, 1.54) is 64.8 Å². The molecule has 0 amide bonds. The average molecular weight is 267 g/mol. The fourth-order valence-corrected chi connectivity index (χ4v) is 3.68. The molecule has 112 valence electrons. The van der Waals surface area contributed by atoms with Gasteiger partial charge in [0, 0.05) is 45.3 Å². The summed E-state index contributed by atoms with van der Waals surface area (Å²) in [6.07, 6.45) is 6.97. The van der Waals surface area contributed by atoms with Gasteiger partial charge in [-0.05, 0) is 24.7 Å². The standard InChI is InChI=1S/C16H33N3/c1-14(2)12-18-8-10-19(11-9-18)13-16(17)15-6-4-3-5-7-15/h14-16H,3-13,17H2,1-2H3. The Kier molecular flexibility index (Phi) is 6.11. The van der Waals surface area contributed by atoms with Crippen LogP contribution in [-0.2, 0) is 0 Å². The first-order chi connectivity index (χ1) is 9.15. The van der Waals surface area contributed by atoms with E-state index in [4.69, 9.17) is 5.73 Å². The summed E-state index contributed by atoms with van der Waals surface area (Å²) in [6.45, 7) is 11.9. The molecule has 2 N–H and O–H groups in total. The number of hydrogen-bond acceptors (Lipinski definition) is 3. The largest absolute Gasteiger partial charge is 0.326 e. The van der Waals surface area contributed by atoms with Gasteiger partial charge in [0.1, 0.15) is 0 Å². The van der Waals surface area contributed by atoms with Crippen LogP contribution in [0.25, 0.3) is 0 Å². The first kappa shape index (κ1) is 15.3. The summed E-state index contributed by atoms with van der Waals surface area (Å²) in [5.74, 6) is 1.58. The molecule has 1 aliphatic heterocycles. The summed E-state index contributed by atoms with van der Waals surface area (Å²) in [5.41, 5.74) is 6.44. The lowest BCUT2D eigenvalue weighted by Gasteiger charge is -2.38. The molecule has 1 saturated heterocycles. The molecule has 0 aromatic carbocycles. The van der Waals surface area contributed by atoms with E-state index in [0.717, 1.165) is 18.4 Å². The van der Waals surface area contributed by atoms with Gasteiger partial charge in [-0.15, -0.1) is 0 Å². The van der Waals surface area contributed by atoms with E-state index in [0.29, 0.717) is 6.04 Å². The van der Waals surface area contributed by atoms with Crippen LogP contribution in [0.5, 0.6) is 0 Å². The summed E-state index contributed by atoms with van der Waals surface area (Å²) in [5, 5.41) is 0. The highest BCUT2D eigenvalue weighted by atomic mass is 15.3. The molecule has 0 spiro atoms. The Morgan fingerprint density at radius 2 is 1.42 bits per heavy atom. The number of piperazine rings is 1. The van der Waals surface area contributed by atoms with E-state index in [-0.39, 0.29) is 0 Å². The SMILES string of the molecule is CC(C)CN1CCN(CC(N)C2CCCCC2)CC1. The zero-order valence-electron chi connectivity index (χ0n) is 13.0. The number of nitrogens with zero attached hydrogens (tertiary/aromatic N) is 2. The molecule has 3 nitrogen and oxygen atoms in total. The van der Waals surface area contributed by atoms with Gasteiger partial charge in [-0.25, -0.2) is 0 Å². The highest BCUT2D eigenvalue weighted by Crippen LogP contribution is 2.26. The molecule has 1 unspecified atom stereocenters. The predicted octanol–water partition coefficient (Wildman–Crippen LogP) is 2.17. The quantitative estimate of drug-likeness (QED) is 0.828. The van der Waals surface area contributed by atoms with Gasteiger partial charge < -0.3 is 10.6 Å². The van der Waals surface area contributed by atoms with Crippen molar-refractivity contribution in [2.75, 3.05) is 39.3 Å². The van der Waals surface area contributed by atoms with Crippen LogP contribution < -0.4 is 5.73 Å². The van der Waals surface area contributed by atoms with E-state index in [9.17, 15) is 0 Å². The second-order valence-corrected chi connectivity index (χ2v) is 7.06. The molecule has 2 aliphatic rings. The van der Waals surface area contributed by atoms with Crippen molar-refractivity contribution in [3.8, 4) is 0 Å². The molecule has 3 heteroatoms. The van der Waals surface area contributed by atoms with Gasteiger partial charge in [0.25, 0.3) is 0 Å². The maximum atomic E-state index is 6.44. The molecule has 19 heavy (non-hydrogen) atoms. The minimum Gasteiger partial charge on any atom is -0.326 e. The highest BCUT2D eigenvalue weighted by molar-refractivity contribution is 4.82. The third-order valence-electron chi connectivity index (χ3n) is 4.81. The molecule has 0 aromatic rings. The lowest BCUT2D eigenvalue weighted by molar-refractivity contribution is 0.108. The summed E-state index contributed by atoms with van der Waals surface area (Å²) in [4.78, 5) is 5.20. The molecular weight excluding hydrogens is 234 g/mol. The Hall–Kier alpha value is -0.120. The molecule has 2 fully saturated rings. The van der Waals surface area contributed by atoms with Gasteiger partial charge in [0.15, 0.2) is 0 Å². The Morgan fingerprint density at radius 3 is 1.95 bits per heavy atom. The molecule has 0 radical (unpaired) electrons. The molecular formula is C16H33N3. The van der Waals surface area contributed by atoms with Crippen molar-refractivity contribution in [1.82, 2.24) is 9.80 Å². The third-order valence-corrected chi connectivity index (χ3v) is 4.81. The van der Waals surface area contributed by atoms with E-state index < -0.39 is 0 Å². The topological polar surface area (TPSA) is 32.5 Å². The molecule has 0 bridgehead atoms. The van der Waals surface area contributed by atoms with Crippen LogP contribution in [0.3, 0.4) is 0 Å². The van der Waals surface area contributed by atoms with Gasteiger partial charge in [0.05, 0.1) is 0 Å². The zero-order valence-corrected chi connectivity index (χ0v) is 13.0. The zero-order chi connectivity index (χ0) is 13.7. The van der Waals surface area contributed by atoms with Crippen molar-refractivity contribution in [1.29, 1.82) is 0 Å². The highest BCUT2D eigenvalue weighted by Gasteiger charge is 2.24. The Morgan fingerprint density at radius 1 is 0.895 bits per heavy atom. The normalized spacial score (nSPS) is 25.9. The van der Waals surface area contributed by atoms with Gasteiger partial charge in [-0.1, -0.05) is 33.1 Å².